The lowest BCUT2D eigenvalue weighted by atomic mass is 9.95. The predicted molar refractivity (Wildman–Crippen MR) is 103 cm³/mol. The summed E-state index contributed by atoms with van der Waals surface area (Å²) in [4.78, 5) is 25.7. The van der Waals surface area contributed by atoms with Crippen molar-refractivity contribution < 1.29 is 28.9 Å². The molecule has 0 spiro atoms. The van der Waals surface area contributed by atoms with Crippen molar-refractivity contribution >= 4 is 27.5 Å². The molecule has 1 aliphatic heterocycles. The van der Waals surface area contributed by atoms with E-state index in [1.54, 1.807) is 24.3 Å². The molecule has 0 saturated heterocycles. The van der Waals surface area contributed by atoms with Crippen molar-refractivity contribution in [3.05, 3.63) is 74.2 Å². The van der Waals surface area contributed by atoms with Gasteiger partial charge in [-0.15, -0.1) is 0 Å². The second kappa shape index (κ2) is 5.90. The Kier molecular flexibility index (Phi) is 3.44. The average Bonchev–Trinajstić information content (AvgIpc) is 2.70. The molecule has 0 aliphatic carbocycles. The number of para-hydroxylation sites is 1. The van der Waals surface area contributed by atoms with Crippen LogP contribution in [0.25, 0.3) is 27.5 Å². The van der Waals surface area contributed by atoms with Gasteiger partial charge in [0.2, 0.25) is 5.43 Å². The molecule has 0 radical (unpaired) electrons. The summed E-state index contributed by atoms with van der Waals surface area (Å²) in [5.41, 5.74) is -1.33. The molecule has 0 atom stereocenters. The minimum atomic E-state index is -0.924. The summed E-state index contributed by atoms with van der Waals surface area (Å²) in [5.74, 6) is -1.58. The van der Waals surface area contributed by atoms with E-state index in [-0.39, 0.29) is 45.6 Å². The predicted octanol–water partition coefficient (Wildman–Crippen LogP) is 2.84. The highest BCUT2D eigenvalue weighted by Gasteiger charge is 2.29. The number of phenolic OH excluding ortho intramolecular Hbond substituents is 2. The minimum Gasteiger partial charge on any atom is -0.506 e. The molecule has 2 aromatic carbocycles. The van der Waals surface area contributed by atoms with E-state index in [4.69, 9.17) is 13.6 Å². The van der Waals surface area contributed by atoms with Crippen LogP contribution in [0, 0.1) is 0 Å². The average molecular weight is 392 g/mol. The Labute approximate surface area is 161 Å². The van der Waals surface area contributed by atoms with Gasteiger partial charge in [0.15, 0.2) is 11.5 Å². The maximum atomic E-state index is 13.1. The number of aromatic hydroxyl groups is 3. The molecule has 0 amide bonds. The van der Waals surface area contributed by atoms with Crippen molar-refractivity contribution in [2.45, 2.75) is 0 Å². The van der Waals surface area contributed by atoms with Crippen LogP contribution in [0.4, 0.5) is 0 Å². The number of rotatable bonds is 1. The molecule has 0 saturated carbocycles. The summed E-state index contributed by atoms with van der Waals surface area (Å²) in [7, 11) is 0. The summed E-state index contributed by atoms with van der Waals surface area (Å²) in [5, 5.41) is 30.4. The summed E-state index contributed by atoms with van der Waals surface area (Å²) in [6.07, 6.45) is 1.46. The molecule has 0 fully saturated rings. The van der Waals surface area contributed by atoms with Gasteiger partial charge in [-0.3, -0.25) is 4.79 Å². The van der Waals surface area contributed by atoms with Crippen LogP contribution in [0.5, 0.6) is 23.2 Å². The molecule has 4 aromatic rings. The van der Waals surface area contributed by atoms with Crippen LogP contribution in [0.1, 0.15) is 11.1 Å². The lowest BCUT2D eigenvalue weighted by molar-refractivity contribution is 0.270. The number of phenols is 2. The fourth-order valence-electron chi connectivity index (χ4n) is 3.43. The van der Waals surface area contributed by atoms with Crippen LogP contribution in [-0.2, 0) is 0 Å². The minimum absolute atomic E-state index is 0.00135. The van der Waals surface area contributed by atoms with Crippen molar-refractivity contribution in [2.24, 2.45) is 0 Å². The van der Waals surface area contributed by atoms with Crippen molar-refractivity contribution in [1.82, 2.24) is 0 Å². The van der Waals surface area contributed by atoms with Gasteiger partial charge >= 0.3 is 5.63 Å². The number of fused-ring (bicyclic) bond motifs is 3. The van der Waals surface area contributed by atoms with E-state index in [0.717, 1.165) is 12.1 Å². The van der Waals surface area contributed by atoms with Gasteiger partial charge < -0.3 is 28.9 Å². The molecule has 29 heavy (non-hydrogen) atoms. The first-order chi connectivity index (χ1) is 14.0. The summed E-state index contributed by atoms with van der Waals surface area (Å²) >= 11 is 0. The lowest BCUT2D eigenvalue weighted by Crippen LogP contribution is -2.19. The van der Waals surface area contributed by atoms with Crippen molar-refractivity contribution in [3.63, 3.8) is 0 Å². The number of benzene rings is 2. The highest BCUT2D eigenvalue weighted by Crippen LogP contribution is 2.40. The van der Waals surface area contributed by atoms with Gasteiger partial charge in [0, 0.05) is 11.6 Å². The first-order valence-electron chi connectivity index (χ1n) is 8.57. The molecule has 3 N–H and O–H groups in total. The van der Waals surface area contributed by atoms with Gasteiger partial charge in [0.05, 0.1) is 10.8 Å². The molecular formula is C21H12O8. The van der Waals surface area contributed by atoms with Crippen LogP contribution in [0.15, 0.2) is 60.9 Å². The van der Waals surface area contributed by atoms with Gasteiger partial charge in [-0.05, 0) is 24.3 Å². The topological polar surface area (TPSA) is 130 Å². The highest BCUT2D eigenvalue weighted by molar-refractivity contribution is 5.96. The van der Waals surface area contributed by atoms with E-state index in [1.807, 2.05) is 0 Å². The zero-order chi connectivity index (χ0) is 20.3. The largest absolute Gasteiger partial charge is 0.506 e. The Hall–Kier alpha value is -4.20. The van der Waals surface area contributed by atoms with E-state index >= 15 is 0 Å². The van der Waals surface area contributed by atoms with Crippen LogP contribution < -0.4 is 15.8 Å². The second-order valence-corrected chi connectivity index (χ2v) is 6.47. The van der Waals surface area contributed by atoms with Crippen LogP contribution in [0.3, 0.4) is 0 Å². The van der Waals surface area contributed by atoms with E-state index in [2.05, 4.69) is 0 Å². The fraction of sp³-hybridized carbons (Fsp3) is 0.0476. The third kappa shape index (κ3) is 2.39. The Balaban J connectivity index is 1.85. The standard InChI is InChI=1S/C21H12O8/c22-12-7-11-15(8-13(12)23)28-20(26)16(19(11)25)10-5-6-27-21-17(10)18(24)9-3-1-2-4-14(9)29-21/h1-5,7-8,22-23,25H,6H2. The Morgan fingerprint density at radius 3 is 2.41 bits per heavy atom. The molecule has 8 heteroatoms. The first-order valence-corrected chi connectivity index (χ1v) is 8.57. The summed E-state index contributed by atoms with van der Waals surface area (Å²) in [6.45, 7) is 0.00135. The van der Waals surface area contributed by atoms with Crippen LogP contribution >= 0.6 is 0 Å². The molecule has 2 aromatic heterocycles. The van der Waals surface area contributed by atoms with E-state index in [1.165, 1.54) is 6.08 Å². The fourth-order valence-corrected chi connectivity index (χ4v) is 3.43. The molecule has 0 bridgehead atoms. The van der Waals surface area contributed by atoms with Crippen LogP contribution in [-0.4, -0.2) is 21.9 Å². The maximum Gasteiger partial charge on any atom is 0.348 e. The van der Waals surface area contributed by atoms with Gasteiger partial charge in [0.25, 0.3) is 5.95 Å². The van der Waals surface area contributed by atoms with Crippen molar-refractivity contribution in [2.75, 3.05) is 6.61 Å². The quantitative estimate of drug-likeness (QED) is 0.333. The van der Waals surface area contributed by atoms with Gasteiger partial charge in [-0.1, -0.05) is 12.1 Å². The monoisotopic (exact) mass is 392 g/mol. The van der Waals surface area contributed by atoms with Gasteiger partial charge in [-0.25, -0.2) is 4.79 Å². The third-order valence-electron chi connectivity index (χ3n) is 4.78. The summed E-state index contributed by atoms with van der Waals surface area (Å²) < 4.78 is 16.3. The van der Waals surface area contributed by atoms with E-state index in [0.29, 0.717) is 5.58 Å². The molecular weight excluding hydrogens is 380 g/mol. The SMILES string of the molecule is O=c1oc2cc(O)c(O)cc2c(O)c1C1=CCOc2oc3ccccc3c(=O)c21. The molecule has 0 unspecified atom stereocenters. The van der Waals surface area contributed by atoms with Crippen LogP contribution in [0.2, 0.25) is 0 Å². The number of ether oxygens (including phenoxy) is 1. The number of hydrogen-bond acceptors (Lipinski definition) is 8. The van der Waals surface area contributed by atoms with E-state index < -0.39 is 28.3 Å². The Morgan fingerprint density at radius 1 is 0.828 bits per heavy atom. The molecule has 5 rings (SSSR count). The first kappa shape index (κ1) is 16.9. The Bertz CT molecular complexity index is 1470. The second-order valence-electron chi connectivity index (χ2n) is 6.47. The third-order valence-corrected chi connectivity index (χ3v) is 4.78. The van der Waals surface area contributed by atoms with E-state index in [9.17, 15) is 24.9 Å². The summed E-state index contributed by atoms with van der Waals surface area (Å²) in [6, 6.07) is 8.67. The molecule has 1 aliphatic rings. The number of hydrogen-bond donors (Lipinski definition) is 3. The smallest absolute Gasteiger partial charge is 0.348 e. The van der Waals surface area contributed by atoms with Gasteiger partial charge in [-0.2, -0.15) is 0 Å². The van der Waals surface area contributed by atoms with Crippen molar-refractivity contribution in [3.8, 4) is 23.2 Å². The molecule has 8 nitrogen and oxygen atoms in total. The van der Waals surface area contributed by atoms with Gasteiger partial charge in [0.1, 0.15) is 34.6 Å². The molecule has 3 heterocycles. The highest BCUT2D eigenvalue weighted by atomic mass is 16.6. The Morgan fingerprint density at radius 2 is 1.59 bits per heavy atom. The maximum absolute atomic E-state index is 13.1. The zero-order valence-electron chi connectivity index (χ0n) is 14.6. The zero-order valence-corrected chi connectivity index (χ0v) is 14.6. The lowest BCUT2D eigenvalue weighted by Gasteiger charge is -2.18. The van der Waals surface area contributed by atoms with Crippen molar-refractivity contribution in [1.29, 1.82) is 0 Å². The molecule has 144 valence electrons. The normalized spacial score (nSPS) is 13.2.